The van der Waals surface area contributed by atoms with E-state index >= 15 is 0 Å². The Balaban J connectivity index is 0.000000181. The summed E-state index contributed by atoms with van der Waals surface area (Å²) in [5, 5.41) is 2.56. The van der Waals surface area contributed by atoms with Gasteiger partial charge in [-0.05, 0) is 114 Å². The molecule has 0 unspecified atom stereocenters. The van der Waals surface area contributed by atoms with E-state index in [1.165, 1.54) is 81.0 Å². The van der Waals surface area contributed by atoms with Crippen molar-refractivity contribution in [3.8, 4) is 33.6 Å². The first-order valence-corrected chi connectivity index (χ1v) is 22.1. The van der Waals surface area contributed by atoms with Crippen LogP contribution in [0, 0.1) is 17.5 Å². The van der Waals surface area contributed by atoms with Crippen molar-refractivity contribution in [3.63, 3.8) is 0 Å². The summed E-state index contributed by atoms with van der Waals surface area (Å²) in [7, 11) is 0. The van der Waals surface area contributed by atoms with E-state index in [1.807, 2.05) is 18.5 Å². The summed E-state index contributed by atoms with van der Waals surface area (Å²) in [5.41, 5.74) is 16.6. The van der Waals surface area contributed by atoms with Gasteiger partial charge in [0.1, 0.15) is 0 Å². The maximum absolute atomic E-state index is 4.91. The molecule has 1 radical (unpaired) electrons. The van der Waals surface area contributed by atoms with Crippen molar-refractivity contribution < 1.29 is 20.1 Å². The van der Waals surface area contributed by atoms with Gasteiger partial charge in [0.05, 0.1) is 0 Å². The topological polar surface area (TPSA) is 25.8 Å². The maximum atomic E-state index is 4.91. The Bertz CT molecular complexity index is 2580. The van der Waals surface area contributed by atoms with Gasteiger partial charge in [-0.25, -0.2) is 0 Å². The molecule has 0 aliphatic heterocycles. The molecule has 2 nitrogen and oxygen atoms in total. The molecule has 2 heterocycles. The van der Waals surface area contributed by atoms with E-state index in [9.17, 15) is 0 Å². The van der Waals surface area contributed by atoms with Gasteiger partial charge in [-0.3, -0.25) is 0 Å². The largest absolute Gasteiger partial charge is 0.305 e. The summed E-state index contributed by atoms with van der Waals surface area (Å²) in [5.74, 6) is 0. The summed E-state index contributed by atoms with van der Waals surface area (Å²) in [6.45, 7) is 33.4. The van der Waals surface area contributed by atoms with Crippen molar-refractivity contribution in [1.29, 1.82) is 0 Å². The van der Waals surface area contributed by atoms with Gasteiger partial charge in [0.15, 0.2) is 0 Å². The number of benzene rings is 4. The van der Waals surface area contributed by atoms with Gasteiger partial charge in [-0.15, -0.1) is 69.8 Å². The van der Waals surface area contributed by atoms with Gasteiger partial charge in [0.2, 0.25) is 0 Å². The van der Waals surface area contributed by atoms with Crippen molar-refractivity contribution in [3.05, 3.63) is 143 Å². The molecule has 2 aromatic heterocycles. The molecule has 4 aromatic carbocycles. The third-order valence-electron chi connectivity index (χ3n) is 16.3. The first-order chi connectivity index (χ1) is 27.5. The van der Waals surface area contributed by atoms with Crippen LogP contribution in [0.15, 0.2) is 97.3 Å². The molecule has 0 fully saturated rings. The van der Waals surface area contributed by atoms with Crippen molar-refractivity contribution in [2.75, 3.05) is 0 Å². The zero-order valence-electron chi connectivity index (χ0n) is 38.8. The molecular weight excluding hydrogens is 905 g/mol. The van der Waals surface area contributed by atoms with Gasteiger partial charge in [-0.2, -0.15) is 0 Å². The van der Waals surface area contributed by atoms with Crippen LogP contribution in [-0.4, -0.2) is 9.97 Å². The number of nitrogens with zero attached hydrogens (tertiary/aromatic N) is 2. The molecule has 315 valence electrons. The van der Waals surface area contributed by atoms with Crippen LogP contribution in [0.2, 0.25) is 0 Å². The molecule has 0 saturated carbocycles. The second kappa shape index (κ2) is 14.9. The van der Waals surface area contributed by atoms with Gasteiger partial charge in [-0.1, -0.05) is 152 Å². The number of hydrogen-bond acceptors (Lipinski definition) is 2. The molecule has 3 aliphatic rings. The fourth-order valence-corrected chi connectivity index (χ4v) is 10.6. The van der Waals surface area contributed by atoms with Crippen LogP contribution in [0.3, 0.4) is 0 Å². The number of hydrogen-bond donors (Lipinski definition) is 0. The second-order valence-electron chi connectivity index (χ2n) is 22.3. The van der Waals surface area contributed by atoms with Gasteiger partial charge in [0.25, 0.3) is 0 Å². The maximum Gasteiger partial charge on any atom is 0.0167 e. The van der Waals surface area contributed by atoms with Crippen molar-refractivity contribution >= 4 is 10.8 Å². The van der Waals surface area contributed by atoms with E-state index < -0.39 is 0 Å². The molecule has 0 spiro atoms. The first kappa shape index (κ1) is 44.2. The van der Waals surface area contributed by atoms with E-state index in [0.29, 0.717) is 0 Å². The van der Waals surface area contributed by atoms with Gasteiger partial charge < -0.3 is 9.97 Å². The van der Waals surface area contributed by atoms with Gasteiger partial charge in [0, 0.05) is 32.5 Å². The summed E-state index contributed by atoms with van der Waals surface area (Å²) in [4.78, 5) is 9.56. The number of rotatable bonds is 3. The molecule has 0 atom stereocenters. The smallest absolute Gasteiger partial charge is 0.0167 e. The Hall–Kier alpha value is -3.91. The van der Waals surface area contributed by atoms with E-state index in [4.69, 9.17) is 4.98 Å². The predicted molar refractivity (Wildman–Crippen MR) is 250 cm³/mol. The SMILES string of the molecule is CC1(C)CCC(C)(C)c2cc(-c3nccc4cc5c(cc34)C(C)(C)CCC5(C)C)[c-]cc21.CC1(C)c2c[c-]c(-c3cc(-c4ccccc4)ccn3)cc2C(C)(C)C1(C)C.[Ir]. The Morgan fingerprint density at radius 2 is 0.950 bits per heavy atom. The Kier molecular flexibility index (Phi) is 10.9. The molecule has 0 bridgehead atoms. The zero-order chi connectivity index (χ0) is 42.6. The molecule has 0 amide bonds. The summed E-state index contributed by atoms with van der Waals surface area (Å²) in [6.07, 6.45) is 8.79. The summed E-state index contributed by atoms with van der Waals surface area (Å²) in [6, 6.07) is 38.2. The van der Waals surface area contributed by atoms with Crippen molar-refractivity contribution in [2.24, 2.45) is 5.41 Å². The second-order valence-corrected chi connectivity index (χ2v) is 22.3. The van der Waals surface area contributed by atoms with Crippen LogP contribution in [-0.2, 0) is 52.6 Å². The zero-order valence-corrected chi connectivity index (χ0v) is 41.2. The molecule has 0 saturated heterocycles. The van der Waals surface area contributed by atoms with E-state index in [2.05, 4.69) is 193 Å². The molecule has 6 aromatic rings. The summed E-state index contributed by atoms with van der Waals surface area (Å²) >= 11 is 0. The van der Waals surface area contributed by atoms with E-state index in [-0.39, 0.29) is 58.0 Å². The van der Waals surface area contributed by atoms with Crippen LogP contribution in [0.4, 0.5) is 0 Å². The Morgan fingerprint density at radius 1 is 0.450 bits per heavy atom. The van der Waals surface area contributed by atoms with E-state index in [1.54, 1.807) is 0 Å². The van der Waals surface area contributed by atoms with E-state index in [0.717, 1.165) is 22.5 Å². The van der Waals surface area contributed by atoms with Crippen LogP contribution >= 0.6 is 0 Å². The monoisotopic (exact) mass is 971 g/mol. The minimum absolute atomic E-state index is 0. The minimum Gasteiger partial charge on any atom is -0.305 e. The average Bonchev–Trinajstić information content (AvgIpc) is 3.31. The number of pyridine rings is 2. The molecule has 60 heavy (non-hydrogen) atoms. The van der Waals surface area contributed by atoms with Gasteiger partial charge >= 0.3 is 0 Å². The van der Waals surface area contributed by atoms with Crippen LogP contribution in [0.1, 0.15) is 156 Å². The van der Waals surface area contributed by atoms with Crippen LogP contribution in [0.25, 0.3) is 44.4 Å². The standard InChI is InChI=1S/C31H38N.C26H28N.Ir/c1-28(2)12-13-29(3,4)24-18-21(9-10-23(24)28)27-22-19-26-25(17-20(22)11-16-32-27)30(5,6)14-15-31(26,7)8;1-24(2)21-13-12-20(16-22(21)25(3,4)26(24,5)6)23-17-19(14-15-27-23)18-10-8-7-9-11-18;/h10-11,16-19H,12-15H2,1-8H3;7-11,13-17H,1-6H3;/q2*-1;. The van der Waals surface area contributed by atoms with Crippen molar-refractivity contribution in [2.45, 2.75) is 155 Å². The average molecular weight is 971 g/mol. The molecule has 9 rings (SSSR count). The normalized spacial score (nSPS) is 20.4. The molecule has 0 N–H and O–H groups in total. The van der Waals surface area contributed by atoms with Crippen LogP contribution in [0.5, 0.6) is 0 Å². The number of aromatic nitrogens is 2. The first-order valence-electron chi connectivity index (χ1n) is 22.1. The molecular formula is C57H66IrN2-2. The molecule has 3 heteroatoms. The third-order valence-corrected chi connectivity index (χ3v) is 16.3. The third kappa shape index (κ3) is 7.14. The van der Waals surface area contributed by atoms with Crippen molar-refractivity contribution in [1.82, 2.24) is 9.97 Å². The molecule has 3 aliphatic carbocycles. The Morgan fingerprint density at radius 3 is 1.58 bits per heavy atom. The fourth-order valence-electron chi connectivity index (χ4n) is 10.6. The quantitative estimate of drug-likeness (QED) is 0.165. The number of fused-ring (bicyclic) bond motifs is 4. The Labute approximate surface area is 375 Å². The fraction of sp³-hybridized carbons (Fsp3) is 0.439. The van der Waals surface area contributed by atoms with Crippen LogP contribution < -0.4 is 0 Å². The predicted octanol–water partition coefficient (Wildman–Crippen LogP) is 15.2. The summed E-state index contributed by atoms with van der Waals surface area (Å²) < 4.78 is 0. The minimum atomic E-state index is 0.